The molecule has 0 fully saturated rings. The monoisotopic (exact) mass is 311 g/mol. The summed E-state index contributed by atoms with van der Waals surface area (Å²) in [6.07, 6.45) is 0. The van der Waals surface area contributed by atoms with E-state index in [1.165, 1.54) is 6.07 Å². The van der Waals surface area contributed by atoms with Crippen molar-refractivity contribution in [2.45, 2.75) is 13.1 Å². The summed E-state index contributed by atoms with van der Waals surface area (Å²) in [5.41, 5.74) is 6.66. The van der Waals surface area contributed by atoms with Gasteiger partial charge in [-0.3, -0.25) is 4.79 Å². The zero-order valence-electron chi connectivity index (χ0n) is 11.0. The van der Waals surface area contributed by atoms with Crippen LogP contribution in [-0.2, 0) is 17.9 Å². The van der Waals surface area contributed by atoms with Crippen LogP contribution in [0.4, 0.5) is 4.39 Å². The summed E-state index contributed by atoms with van der Waals surface area (Å²) >= 11 is 0. The molecule has 1 amide bonds. The molecule has 1 aromatic rings. The molecule has 0 bridgehead atoms. The molecule has 0 spiro atoms. The summed E-state index contributed by atoms with van der Waals surface area (Å²) in [6, 6.07) is 4.83. The van der Waals surface area contributed by atoms with Crippen LogP contribution in [0, 0.1) is 5.82 Å². The predicted molar refractivity (Wildman–Crippen MR) is 79.2 cm³/mol. The van der Waals surface area contributed by atoms with Gasteiger partial charge in [-0.1, -0.05) is 6.07 Å². The first kappa shape index (κ1) is 20.4. The highest BCUT2D eigenvalue weighted by Crippen LogP contribution is 2.12. The zero-order chi connectivity index (χ0) is 12.8. The third-order valence-corrected chi connectivity index (χ3v) is 2.27. The van der Waals surface area contributed by atoms with E-state index in [-0.39, 0.29) is 43.1 Å². The highest BCUT2D eigenvalue weighted by atomic mass is 35.5. The van der Waals surface area contributed by atoms with Crippen molar-refractivity contribution in [3.8, 4) is 0 Å². The van der Waals surface area contributed by atoms with Gasteiger partial charge in [-0.25, -0.2) is 4.39 Å². The molecule has 0 radical (unpaired) electrons. The first-order valence-corrected chi connectivity index (χ1v) is 5.41. The number of nitrogens with one attached hydrogen (secondary N) is 1. The molecule has 0 atom stereocenters. The van der Waals surface area contributed by atoms with E-state index < -0.39 is 0 Å². The number of nitrogens with two attached hydrogens (primary N) is 1. The maximum absolute atomic E-state index is 13.5. The normalized spacial score (nSPS) is 9.53. The summed E-state index contributed by atoms with van der Waals surface area (Å²) in [6.45, 7) is 0.868. The minimum Gasteiger partial charge on any atom is -0.351 e. The second-order valence-corrected chi connectivity index (χ2v) is 4.14. The molecular formula is C12H20Cl2FN3O. The van der Waals surface area contributed by atoms with E-state index in [4.69, 9.17) is 5.73 Å². The Morgan fingerprint density at radius 2 is 2.00 bits per heavy atom. The van der Waals surface area contributed by atoms with Crippen molar-refractivity contribution >= 4 is 30.7 Å². The summed E-state index contributed by atoms with van der Waals surface area (Å²) in [4.78, 5) is 12.9. The van der Waals surface area contributed by atoms with Crippen molar-refractivity contribution in [3.63, 3.8) is 0 Å². The van der Waals surface area contributed by atoms with Crippen LogP contribution < -0.4 is 11.1 Å². The van der Waals surface area contributed by atoms with Crippen LogP contribution >= 0.6 is 24.8 Å². The lowest BCUT2D eigenvalue weighted by atomic mass is 10.1. The maximum atomic E-state index is 13.5. The molecule has 1 rings (SSSR count). The zero-order valence-corrected chi connectivity index (χ0v) is 12.6. The predicted octanol–water partition coefficient (Wildman–Crippen LogP) is 1.31. The van der Waals surface area contributed by atoms with Crippen LogP contribution in [0.25, 0.3) is 0 Å². The van der Waals surface area contributed by atoms with Gasteiger partial charge >= 0.3 is 0 Å². The lowest BCUT2D eigenvalue weighted by Gasteiger charge is -2.12. The number of hydrogen-bond donors (Lipinski definition) is 2. The lowest BCUT2D eigenvalue weighted by molar-refractivity contribution is -0.119. The van der Waals surface area contributed by atoms with Crippen molar-refractivity contribution in [1.82, 2.24) is 10.2 Å². The smallest absolute Gasteiger partial charge is 0.234 e. The third-order valence-electron chi connectivity index (χ3n) is 2.27. The highest BCUT2D eigenvalue weighted by molar-refractivity contribution is 5.85. The van der Waals surface area contributed by atoms with Crippen LogP contribution in [0.15, 0.2) is 18.2 Å². The average molecular weight is 312 g/mol. The Hall–Kier alpha value is -0.880. The molecule has 7 heteroatoms. The second kappa shape index (κ2) is 9.97. The van der Waals surface area contributed by atoms with Gasteiger partial charge in [0.15, 0.2) is 0 Å². The number of amides is 1. The van der Waals surface area contributed by atoms with Crippen LogP contribution in [-0.4, -0.2) is 31.4 Å². The highest BCUT2D eigenvalue weighted by Gasteiger charge is 2.05. The van der Waals surface area contributed by atoms with Gasteiger partial charge in [0.2, 0.25) is 5.91 Å². The second-order valence-electron chi connectivity index (χ2n) is 4.14. The molecule has 0 saturated carbocycles. The Morgan fingerprint density at radius 1 is 1.37 bits per heavy atom. The summed E-state index contributed by atoms with van der Waals surface area (Å²) in [5, 5.41) is 2.65. The van der Waals surface area contributed by atoms with Gasteiger partial charge < -0.3 is 16.0 Å². The Labute approximate surface area is 125 Å². The van der Waals surface area contributed by atoms with Gasteiger partial charge in [0.05, 0.1) is 6.54 Å². The molecule has 19 heavy (non-hydrogen) atoms. The number of rotatable bonds is 5. The minimum atomic E-state index is -0.229. The number of benzene rings is 1. The molecule has 0 aliphatic rings. The lowest BCUT2D eigenvalue weighted by Crippen LogP contribution is -2.29. The van der Waals surface area contributed by atoms with Crippen molar-refractivity contribution in [1.29, 1.82) is 0 Å². The molecule has 0 unspecified atom stereocenters. The fraction of sp³-hybridized carbons (Fsp3) is 0.417. The van der Waals surface area contributed by atoms with Crippen molar-refractivity contribution in [3.05, 3.63) is 35.1 Å². The molecule has 0 heterocycles. The summed E-state index contributed by atoms with van der Waals surface area (Å²) in [5.74, 6) is -0.448. The quantitative estimate of drug-likeness (QED) is 0.862. The maximum Gasteiger partial charge on any atom is 0.234 e. The number of nitrogens with zero attached hydrogens (tertiary/aromatic N) is 1. The Morgan fingerprint density at radius 3 is 2.53 bits per heavy atom. The molecule has 4 nitrogen and oxygen atoms in total. The number of carbonyl (C=O) groups excluding carboxylic acids is 1. The summed E-state index contributed by atoms with van der Waals surface area (Å²) in [7, 11) is 3.75. The number of halogens is 3. The average Bonchev–Trinajstić information content (AvgIpc) is 2.29. The van der Waals surface area contributed by atoms with Crippen LogP contribution in [0.1, 0.15) is 11.1 Å². The van der Waals surface area contributed by atoms with E-state index in [9.17, 15) is 9.18 Å². The molecular weight excluding hydrogens is 292 g/mol. The molecule has 0 aromatic heterocycles. The first-order valence-electron chi connectivity index (χ1n) is 5.41. The third kappa shape index (κ3) is 7.32. The summed E-state index contributed by atoms with van der Waals surface area (Å²) < 4.78 is 13.5. The largest absolute Gasteiger partial charge is 0.351 e. The van der Waals surface area contributed by atoms with E-state index in [1.54, 1.807) is 12.1 Å². The van der Waals surface area contributed by atoms with Gasteiger partial charge in [-0.15, -0.1) is 24.8 Å². The van der Waals surface area contributed by atoms with Crippen molar-refractivity contribution < 1.29 is 9.18 Å². The molecule has 0 saturated heterocycles. The van der Waals surface area contributed by atoms with E-state index in [2.05, 4.69) is 5.32 Å². The molecule has 0 aliphatic carbocycles. The van der Waals surface area contributed by atoms with Gasteiger partial charge in [-0.2, -0.15) is 0 Å². The topological polar surface area (TPSA) is 58.4 Å². The van der Waals surface area contributed by atoms with Crippen molar-refractivity contribution in [2.75, 3.05) is 20.6 Å². The minimum absolute atomic E-state index is 0. The van der Waals surface area contributed by atoms with Gasteiger partial charge in [0.1, 0.15) is 5.82 Å². The number of hydrogen-bond acceptors (Lipinski definition) is 3. The van der Waals surface area contributed by atoms with E-state index in [0.29, 0.717) is 18.7 Å². The fourth-order valence-corrected chi connectivity index (χ4v) is 1.47. The molecule has 3 N–H and O–H groups in total. The van der Waals surface area contributed by atoms with Gasteiger partial charge in [0.25, 0.3) is 0 Å². The number of carbonyl (C=O) groups is 1. The van der Waals surface area contributed by atoms with Gasteiger partial charge in [-0.05, 0) is 31.8 Å². The van der Waals surface area contributed by atoms with E-state index >= 15 is 0 Å². The standard InChI is InChI=1S/C12H18FN3O.2ClH/c1-16(2)8-10-5-9(3-4-11(10)13)7-15-12(17)6-14;;/h3-5H,6-8,14H2,1-2H3,(H,15,17);2*1H. The van der Waals surface area contributed by atoms with Gasteiger partial charge in [0, 0.05) is 18.7 Å². The van der Waals surface area contributed by atoms with Crippen LogP contribution in [0.3, 0.4) is 0 Å². The molecule has 1 aromatic carbocycles. The van der Waals surface area contributed by atoms with Crippen LogP contribution in [0.5, 0.6) is 0 Å². The van der Waals surface area contributed by atoms with E-state index in [1.807, 2.05) is 19.0 Å². The fourth-order valence-electron chi connectivity index (χ4n) is 1.47. The Bertz CT molecular complexity index is 403. The molecule has 110 valence electrons. The SMILES string of the molecule is CN(C)Cc1cc(CNC(=O)CN)ccc1F.Cl.Cl. The molecule has 0 aliphatic heterocycles. The first-order chi connectivity index (χ1) is 8.02. The van der Waals surface area contributed by atoms with E-state index in [0.717, 1.165) is 5.56 Å². The van der Waals surface area contributed by atoms with Crippen molar-refractivity contribution in [2.24, 2.45) is 5.73 Å². The van der Waals surface area contributed by atoms with Crippen LogP contribution in [0.2, 0.25) is 0 Å². The Kier molecular flexibility index (Phi) is 10.7. The Balaban J connectivity index is 0.